The number of piperidine rings is 1. The van der Waals surface area contributed by atoms with Crippen LogP contribution >= 0.6 is 0 Å². The highest BCUT2D eigenvalue weighted by atomic mass is 16.6. The molecular weight excluding hydrogens is 554 g/mol. The maximum Gasteiger partial charge on any atom is 0.410 e. The lowest BCUT2D eigenvalue weighted by molar-refractivity contribution is -0.00417. The van der Waals surface area contributed by atoms with Gasteiger partial charge in [-0.2, -0.15) is 0 Å². The number of methoxy groups -OCH3 is 1. The van der Waals surface area contributed by atoms with Crippen molar-refractivity contribution in [3.05, 3.63) is 71.3 Å². The maximum absolute atomic E-state index is 14.1. The molecule has 0 saturated carbocycles. The molecule has 0 spiro atoms. The minimum Gasteiger partial charge on any atom is -0.465 e. The summed E-state index contributed by atoms with van der Waals surface area (Å²) in [5.41, 5.74) is 3.94. The van der Waals surface area contributed by atoms with Crippen molar-refractivity contribution in [2.75, 3.05) is 51.3 Å². The summed E-state index contributed by atoms with van der Waals surface area (Å²) >= 11 is 0. The van der Waals surface area contributed by atoms with Gasteiger partial charge in [0.1, 0.15) is 5.60 Å². The zero-order valence-electron chi connectivity index (χ0n) is 27.3. The van der Waals surface area contributed by atoms with Gasteiger partial charge in [-0.15, -0.1) is 0 Å². The number of piperazine rings is 1. The summed E-state index contributed by atoms with van der Waals surface area (Å²) in [4.78, 5) is 44.7. The summed E-state index contributed by atoms with van der Waals surface area (Å²) in [5.74, 6) is 0.138. The molecule has 2 aliphatic heterocycles. The van der Waals surface area contributed by atoms with Gasteiger partial charge in [0.05, 0.1) is 18.2 Å². The van der Waals surface area contributed by atoms with Gasteiger partial charge in [0.15, 0.2) is 0 Å². The first-order chi connectivity index (χ1) is 20.7. The Labute approximate surface area is 262 Å². The first-order valence-corrected chi connectivity index (χ1v) is 15.7. The van der Waals surface area contributed by atoms with Crippen molar-refractivity contribution in [2.24, 2.45) is 16.7 Å². The van der Waals surface area contributed by atoms with E-state index in [1.807, 2.05) is 74.2 Å². The molecule has 0 aromatic heterocycles. The fourth-order valence-electron chi connectivity index (χ4n) is 7.61. The van der Waals surface area contributed by atoms with E-state index in [4.69, 9.17) is 9.47 Å². The molecule has 0 N–H and O–H groups in total. The van der Waals surface area contributed by atoms with Crippen molar-refractivity contribution in [3.63, 3.8) is 0 Å². The first-order valence-electron chi connectivity index (χ1n) is 15.7. The maximum atomic E-state index is 14.1. The molecule has 2 heterocycles. The van der Waals surface area contributed by atoms with Gasteiger partial charge in [-0.1, -0.05) is 51.1 Å². The molecule has 2 fully saturated rings. The number of para-hydroxylation sites is 1. The molecule has 2 amide bonds. The van der Waals surface area contributed by atoms with E-state index < -0.39 is 5.60 Å². The fourth-order valence-corrected chi connectivity index (χ4v) is 7.61. The Hall–Kier alpha value is -3.81. The lowest BCUT2D eigenvalue weighted by Gasteiger charge is -2.56. The Morgan fingerprint density at radius 3 is 2.16 bits per heavy atom. The van der Waals surface area contributed by atoms with E-state index in [2.05, 4.69) is 31.7 Å². The zero-order valence-corrected chi connectivity index (χ0v) is 27.3. The molecule has 2 aromatic rings. The Kier molecular flexibility index (Phi) is 8.58. The topological polar surface area (TPSA) is 79.4 Å². The summed E-state index contributed by atoms with van der Waals surface area (Å²) in [6, 6.07) is 15.6. The number of carbonyl (C=O) groups excluding carboxylic acids is 3. The van der Waals surface area contributed by atoms with Crippen molar-refractivity contribution in [1.29, 1.82) is 0 Å². The van der Waals surface area contributed by atoms with E-state index in [0.717, 1.165) is 29.7 Å². The van der Waals surface area contributed by atoms with Crippen LogP contribution in [-0.4, -0.2) is 79.7 Å². The Morgan fingerprint density at radius 2 is 1.52 bits per heavy atom. The fraction of sp³-hybridized carbons (Fsp3) is 0.528. The standard InChI is InChI=1S/C36H47N3O5/c1-34(2,3)44-33(42)38-22-20-37(21-23-38)29-11-9-8-10-27(29)31(40)39-19-17-30-35(4,5)28(16-18-36(30,6)24-39)25-12-14-26(15-13-25)32(41)43-7/h8-16,30H,17-24H2,1-7H3/t30?,36-/m1/s1. The average Bonchev–Trinajstić information content (AvgIpc) is 2.99. The van der Waals surface area contributed by atoms with Gasteiger partial charge in [-0.05, 0) is 85.8 Å². The van der Waals surface area contributed by atoms with Crippen LogP contribution in [0.2, 0.25) is 0 Å². The molecule has 236 valence electrons. The number of hydrogen-bond acceptors (Lipinski definition) is 6. The van der Waals surface area contributed by atoms with E-state index in [0.29, 0.717) is 50.7 Å². The summed E-state index contributed by atoms with van der Waals surface area (Å²) in [6.07, 6.45) is 3.86. The van der Waals surface area contributed by atoms with Crippen LogP contribution in [0.3, 0.4) is 0 Å². The van der Waals surface area contributed by atoms with Crippen LogP contribution in [0.5, 0.6) is 0 Å². The monoisotopic (exact) mass is 601 g/mol. The number of amides is 2. The largest absolute Gasteiger partial charge is 0.465 e. The molecule has 0 radical (unpaired) electrons. The number of ether oxygens (including phenoxy) is 2. The predicted octanol–water partition coefficient (Wildman–Crippen LogP) is 6.51. The van der Waals surface area contributed by atoms with Crippen LogP contribution in [0.4, 0.5) is 10.5 Å². The normalized spacial score (nSPS) is 23.4. The van der Waals surface area contributed by atoms with Crippen molar-refractivity contribution in [2.45, 2.75) is 60.0 Å². The van der Waals surface area contributed by atoms with Crippen molar-refractivity contribution in [1.82, 2.24) is 9.80 Å². The Bertz CT molecular complexity index is 1430. The molecule has 44 heavy (non-hydrogen) atoms. The van der Waals surface area contributed by atoms with E-state index in [1.165, 1.54) is 12.7 Å². The van der Waals surface area contributed by atoms with Gasteiger partial charge in [0.25, 0.3) is 5.91 Å². The molecule has 8 heteroatoms. The second-order valence-electron chi connectivity index (χ2n) is 14.3. The zero-order chi connectivity index (χ0) is 31.9. The number of esters is 1. The highest BCUT2D eigenvalue weighted by Crippen LogP contribution is 2.57. The number of likely N-dealkylation sites (tertiary alicyclic amines) is 1. The molecule has 0 bridgehead atoms. The molecule has 1 aliphatic carbocycles. The minimum atomic E-state index is -0.528. The number of allylic oxidation sites excluding steroid dienone is 2. The van der Waals surface area contributed by atoms with Crippen molar-refractivity contribution >= 4 is 29.2 Å². The first kappa shape index (κ1) is 31.6. The number of benzene rings is 2. The number of nitrogens with zero attached hydrogens (tertiary/aromatic N) is 3. The second-order valence-corrected chi connectivity index (χ2v) is 14.3. The molecule has 8 nitrogen and oxygen atoms in total. The van der Waals surface area contributed by atoms with Crippen LogP contribution in [-0.2, 0) is 9.47 Å². The van der Waals surface area contributed by atoms with Crippen LogP contribution in [0.1, 0.15) is 80.7 Å². The number of rotatable bonds is 4. The third kappa shape index (κ3) is 6.21. The minimum absolute atomic E-state index is 0.0547. The van der Waals surface area contributed by atoms with Gasteiger partial charge < -0.3 is 24.2 Å². The van der Waals surface area contributed by atoms with Gasteiger partial charge in [-0.25, -0.2) is 9.59 Å². The van der Waals surface area contributed by atoms with Crippen molar-refractivity contribution in [3.8, 4) is 0 Å². The number of anilines is 1. The van der Waals surface area contributed by atoms with E-state index in [1.54, 1.807) is 4.90 Å². The molecule has 2 atom stereocenters. The summed E-state index contributed by atoms with van der Waals surface area (Å²) in [7, 11) is 1.40. The quantitative estimate of drug-likeness (QED) is 0.372. The molecule has 5 rings (SSSR count). The number of hydrogen-bond donors (Lipinski definition) is 0. The van der Waals surface area contributed by atoms with Crippen LogP contribution in [0.15, 0.2) is 54.6 Å². The van der Waals surface area contributed by atoms with Gasteiger partial charge in [0.2, 0.25) is 0 Å². The molecule has 2 aromatic carbocycles. The Morgan fingerprint density at radius 1 is 0.864 bits per heavy atom. The molecule has 1 unspecified atom stereocenters. The van der Waals surface area contributed by atoms with Crippen LogP contribution < -0.4 is 4.90 Å². The molecule has 2 saturated heterocycles. The molecular formula is C36H47N3O5. The average molecular weight is 602 g/mol. The summed E-state index contributed by atoms with van der Waals surface area (Å²) in [6.45, 7) is 16.4. The predicted molar refractivity (Wildman–Crippen MR) is 173 cm³/mol. The third-order valence-electron chi connectivity index (χ3n) is 9.73. The van der Waals surface area contributed by atoms with Gasteiger partial charge in [0, 0.05) is 45.0 Å². The van der Waals surface area contributed by atoms with E-state index in [-0.39, 0.29) is 28.8 Å². The van der Waals surface area contributed by atoms with E-state index in [9.17, 15) is 14.4 Å². The highest BCUT2D eigenvalue weighted by Gasteiger charge is 2.51. The Balaban J connectivity index is 1.30. The summed E-state index contributed by atoms with van der Waals surface area (Å²) < 4.78 is 10.4. The van der Waals surface area contributed by atoms with Crippen molar-refractivity contribution < 1.29 is 23.9 Å². The summed E-state index contributed by atoms with van der Waals surface area (Å²) in [5, 5.41) is 0. The van der Waals surface area contributed by atoms with Crippen LogP contribution in [0.25, 0.3) is 5.57 Å². The lowest BCUT2D eigenvalue weighted by atomic mass is 9.53. The number of carbonyl (C=O) groups is 3. The second kappa shape index (κ2) is 11.9. The lowest BCUT2D eigenvalue weighted by Crippen LogP contribution is -2.55. The third-order valence-corrected chi connectivity index (χ3v) is 9.73. The smallest absolute Gasteiger partial charge is 0.410 e. The van der Waals surface area contributed by atoms with E-state index >= 15 is 0 Å². The van der Waals surface area contributed by atoms with Gasteiger partial charge in [-0.3, -0.25) is 4.79 Å². The van der Waals surface area contributed by atoms with Crippen LogP contribution in [0, 0.1) is 16.7 Å². The number of fused-ring (bicyclic) bond motifs is 1. The molecule has 3 aliphatic rings. The SMILES string of the molecule is COC(=O)c1ccc(C2=CC[C@]3(C)CN(C(=O)c4ccccc4N4CCN(C(=O)OC(C)(C)C)CC4)CCC3C2(C)C)cc1. The highest BCUT2D eigenvalue weighted by molar-refractivity contribution is 6.00. The van der Waals surface area contributed by atoms with Gasteiger partial charge >= 0.3 is 12.1 Å².